The predicted octanol–water partition coefficient (Wildman–Crippen LogP) is 3.14. The number of benzene rings is 1. The molecule has 1 aromatic carbocycles. The molecule has 0 bridgehead atoms. The van der Waals surface area contributed by atoms with Crippen molar-refractivity contribution in [2.24, 2.45) is 0 Å². The number of halogens is 1. The molecule has 2 nitrogen and oxygen atoms in total. The Morgan fingerprint density at radius 2 is 2.00 bits per heavy atom. The van der Waals surface area contributed by atoms with Crippen molar-refractivity contribution in [3.63, 3.8) is 0 Å². The summed E-state index contributed by atoms with van der Waals surface area (Å²) in [6, 6.07) is 8.33. The van der Waals surface area contributed by atoms with Crippen molar-refractivity contribution < 1.29 is 9.13 Å². The van der Waals surface area contributed by atoms with Crippen LogP contribution in [0.5, 0.6) is 0 Å². The van der Waals surface area contributed by atoms with Gasteiger partial charge in [0.25, 0.3) is 0 Å². The summed E-state index contributed by atoms with van der Waals surface area (Å²) in [7, 11) is 3.98. The normalized spacial score (nSPS) is 27.1. The Kier molecular flexibility index (Phi) is 5.25. The van der Waals surface area contributed by atoms with Gasteiger partial charge in [-0.05, 0) is 33.2 Å². The zero-order chi connectivity index (χ0) is 13.8. The molecule has 0 spiro atoms. The molecule has 3 atom stereocenters. The van der Waals surface area contributed by atoms with Crippen LogP contribution in [-0.4, -0.2) is 49.7 Å². The van der Waals surface area contributed by atoms with Crippen LogP contribution in [0.3, 0.4) is 0 Å². The Bertz CT molecular complexity index is 396. The van der Waals surface area contributed by atoms with Crippen molar-refractivity contribution >= 4 is 11.8 Å². The standard InChI is InChI=1S/C15H22FNOS/c1-11-4-6-13(7-5-11)19-10-15-14(16)8-12(18-15)9-17(2)3/h4-7,12,14-15H,8-10H2,1-3H3/t12-,14-,15-/m0/s1. The first kappa shape index (κ1) is 14.8. The molecule has 1 saturated heterocycles. The molecule has 106 valence electrons. The van der Waals surface area contributed by atoms with Crippen molar-refractivity contribution in [2.75, 3.05) is 26.4 Å². The van der Waals surface area contributed by atoms with Crippen molar-refractivity contribution in [1.82, 2.24) is 4.90 Å². The minimum absolute atomic E-state index is 0.0358. The molecule has 1 aromatic rings. The fraction of sp³-hybridized carbons (Fsp3) is 0.600. The molecule has 0 saturated carbocycles. The Morgan fingerprint density at radius 1 is 1.32 bits per heavy atom. The number of thioether (sulfide) groups is 1. The number of alkyl halides is 1. The highest BCUT2D eigenvalue weighted by molar-refractivity contribution is 7.99. The predicted molar refractivity (Wildman–Crippen MR) is 78.6 cm³/mol. The second-order valence-electron chi connectivity index (χ2n) is 5.43. The zero-order valence-corrected chi connectivity index (χ0v) is 12.6. The van der Waals surface area contributed by atoms with Gasteiger partial charge in [0.15, 0.2) is 0 Å². The van der Waals surface area contributed by atoms with Crippen molar-refractivity contribution in [1.29, 1.82) is 0 Å². The number of rotatable bonds is 5. The number of hydrogen-bond acceptors (Lipinski definition) is 3. The summed E-state index contributed by atoms with van der Waals surface area (Å²) in [6.45, 7) is 2.87. The van der Waals surface area contributed by atoms with E-state index in [4.69, 9.17) is 4.74 Å². The second-order valence-corrected chi connectivity index (χ2v) is 6.53. The van der Waals surface area contributed by atoms with Crippen LogP contribution in [0.4, 0.5) is 4.39 Å². The maximum Gasteiger partial charge on any atom is 0.130 e. The Balaban J connectivity index is 1.81. The SMILES string of the molecule is Cc1ccc(SC[C@@H]2O[C@H](CN(C)C)C[C@@H]2F)cc1. The number of aryl methyl sites for hydroxylation is 1. The quantitative estimate of drug-likeness (QED) is 0.770. The lowest BCUT2D eigenvalue weighted by molar-refractivity contribution is 0.0311. The molecule has 2 rings (SSSR count). The third-order valence-electron chi connectivity index (χ3n) is 3.26. The lowest BCUT2D eigenvalue weighted by Gasteiger charge is -2.17. The average Bonchev–Trinajstić information content (AvgIpc) is 2.68. The van der Waals surface area contributed by atoms with Crippen LogP contribution in [0.1, 0.15) is 12.0 Å². The van der Waals surface area contributed by atoms with E-state index >= 15 is 0 Å². The molecule has 19 heavy (non-hydrogen) atoms. The van der Waals surface area contributed by atoms with Crippen molar-refractivity contribution in [3.8, 4) is 0 Å². The molecule has 0 aromatic heterocycles. The minimum Gasteiger partial charge on any atom is -0.370 e. The highest BCUT2D eigenvalue weighted by Crippen LogP contribution is 2.29. The van der Waals surface area contributed by atoms with E-state index in [1.54, 1.807) is 11.8 Å². The van der Waals surface area contributed by atoms with E-state index in [0.717, 1.165) is 6.54 Å². The molecular formula is C15H22FNOS. The third kappa shape index (κ3) is 4.48. The molecule has 0 radical (unpaired) electrons. The Morgan fingerprint density at radius 3 is 2.63 bits per heavy atom. The van der Waals surface area contributed by atoms with E-state index in [0.29, 0.717) is 12.2 Å². The summed E-state index contributed by atoms with van der Waals surface area (Å²) in [5, 5.41) is 0. The number of hydrogen-bond donors (Lipinski definition) is 0. The van der Waals surface area contributed by atoms with E-state index in [2.05, 4.69) is 31.2 Å². The van der Waals surface area contributed by atoms with E-state index in [1.165, 1.54) is 10.5 Å². The molecule has 0 N–H and O–H groups in total. The molecule has 0 amide bonds. The highest BCUT2D eigenvalue weighted by Gasteiger charge is 2.35. The first-order valence-corrected chi connectivity index (χ1v) is 7.67. The summed E-state index contributed by atoms with van der Waals surface area (Å²) >= 11 is 1.67. The summed E-state index contributed by atoms with van der Waals surface area (Å²) in [6.07, 6.45) is -0.537. The average molecular weight is 283 g/mol. The van der Waals surface area contributed by atoms with E-state index in [1.807, 2.05) is 19.0 Å². The third-order valence-corrected chi connectivity index (χ3v) is 4.36. The first-order chi connectivity index (χ1) is 9.04. The Hall–Kier alpha value is -0.580. The molecule has 1 heterocycles. The maximum atomic E-state index is 13.9. The van der Waals surface area contributed by atoms with Gasteiger partial charge in [-0.25, -0.2) is 4.39 Å². The number of nitrogens with zero attached hydrogens (tertiary/aromatic N) is 1. The van der Waals surface area contributed by atoms with Gasteiger partial charge in [0, 0.05) is 23.6 Å². The lowest BCUT2D eigenvalue weighted by atomic mass is 10.2. The van der Waals surface area contributed by atoms with Gasteiger partial charge in [0.2, 0.25) is 0 Å². The van der Waals surface area contributed by atoms with Gasteiger partial charge in [-0.15, -0.1) is 11.8 Å². The van der Waals surface area contributed by atoms with Gasteiger partial charge in [0.1, 0.15) is 6.17 Å². The second kappa shape index (κ2) is 6.73. The molecular weight excluding hydrogens is 261 g/mol. The molecule has 0 aliphatic carbocycles. The van der Waals surface area contributed by atoms with Crippen LogP contribution in [0.2, 0.25) is 0 Å². The van der Waals surface area contributed by atoms with Crippen LogP contribution in [0.25, 0.3) is 0 Å². The van der Waals surface area contributed by atoms with E-state index in [-0.39, 0.29) is 12.2 Å². The summed E-state index contributed by atoms with van der Waals surface area (Å²) < 4.78 is 19.7. The maximum absolute atomic E-state index is 13.9. The molecule has 1 fully saturated rings. The van der Waals surface area contributed by atoms with Crippen LogP contribution in [0, 0.1) is 6.92 Å². The van der Waals surface area contributed by atoms with E-state index < -0.39 is 6.17 Å². The number of ether oxygens (including phenoxy) is 1. The van der Waals surface area contributed by atoms with Crippen molar-refractivity contribution in [3.05, 3.63) is 29.8 Å². The molecule has 0 unspecified atom stereocenters. The molecule has 1 aliphatic heterocycles. The van der Waals surface area contributed by atoms with Gasteiger partial charge < -0.3 is 9.64 Å². The minimum atomic E-state index is -0.831. The van der Waals surface area contributed by atoms with Crippen LogP contribution in [-0.2, 0) is 4.74 Å². The summed E-state index contributed by atoms with van der Waals surface area (Å²) in [5.41, 5.74) is 1.25. The van der Waals surface area contributed by atoms with Crippen LogP contribution in [0.15, 0.2) is 29.2 Å². The fourth-order valence-electron chi connectivity index (χ4n) is 2.27. The smallest absolute Gasteiger partial charge is 0.130 e. The first-order valence-electron chi connectivity index (χ1n) is 6.68. The number of likely N-dealkylation sites (N-methyl/N-ethyl adjacent to an activating group) is 1. The van der Waals surface area contributed by atoms with Gasteiger partial charge in [-0.2, -0.15) is 0 Å². The topological polar surface area (TPSA) is 12.5 Å². The molecule has 1 aliphatic rings. The van der Waals surface area contributed by atoms with Gasteiger partial charge in [-0.3, -0.25) is 0 Å². The van der Waals surface area contributed by atoms with Gasteiger partial charge in [-0.1, -0.05) is 17.7 Å². The van der Waals surface area contributed by atoms with Gasteiger partial charge in [0.05, 0.1) is 12.2 Å². The highest BCUT2D eigenvalue weighted by atomic mass is 32.2. The Labute approximate surface area is 119 Å². The van der Waals surface area contributed by atoms with Crippen molar-refractivity contribution in [2.45, 2.75) is 36.6 Å². The zero-order valence-electron chi connectivity index (χ0n) is 11.8. The van der Waals surface area contributed by atoms with Crippen LogP contribution >= 0.6 is 11.8 Å². The lowest BCUT2D eigenvalue weighted by Crippen LogP contribution is -2.26. The largest absolute Gasteiger partial charge is 0.370 e. The summed E-state index contributed by atoms with van der Waals surface area (Å²) in [4.78, 5) is 3.23. The summed E-state index contributed by atoms with van der Waals surface area (Å²) in [5.74, 6) is 0.689. The molecule has 4 heteroatoms. The van der Waals surface area contributed by atoms with Crippen LogP contribution < -0.4 is 0 Å². The van der Waals surface area contributed by atoms with E-state index in [9.17, 15) is 4.39 Å². The monoisotopic (exact) mass is 283 g/mol. The fourth-order valence-corrected chi connectivity index (χ4v) is 3.24. The van der Waals surface area contributed by atoms with Gasteiger partial charge >= 0.3 is 0 Å².